The summed E-state index contributed by atoms with van der Waals surface area (Å²) in [6.45, 7) is 4.64. The number of unbranched alkanes of at least 4 members (excludes halogenated alkanes) is 2. The van der Waals surface area contributed by atoms with Crippen LogP contribution in [0.5, 0.6) is 11.5 Å². The molecule has 0 saturated carbocycles. The molecule has 2 rings (SSSR count). The van der Waals surface area contributed by atoms with Gasteiger partial charge in [0.1, 0.15) is 6.10 Å². The van der Waals surface area contributed by atoms with Crippen molar-refractivity contribution in [1.82, 2.24) is 5.32 Å². The fourth-order valence-electron chi connectivity index (χ4n) is 3.01. The van der Waals surface area contributed by atoms with Crippen LogP contribution in [0.3, 0.4) is 0 Å². The van der Waals surface area contributed by atoms with Gasteiger partial charge in [0.05, 0.1) is 19.8 Å². The first-order chi connectivity index (χ1) is 13.0. The average molecular weight is 379 g/mol. The number of hydrogen-bond acceptors (Lipinski definition) is 5. The molecular weight excluding hydrogens is 350 g/mol. The molecule has 1 fully saturated rings. The van der Waals surface area contributed by atoms with Gasteiger partial charge in [0, 0.05) is 0 Å². The predicted molar refractivity (Wildman–Crippen MR) is 100 cm³/mol. The molecule has 0 aliphatic carbocycles. The van der Waals surface area contributed by atoms with E-state index in [0.717, 1.165) is 24.8 Å². The molecule has 1 unspecified atom stereocenters. The Morgan fingerprint density at radius 2 is 2.00 bits per heavy atom. The minimum Gasteiger partial charge on any atom is -0.493 e. The Hall–Kier alpha value is -2.28. The van der Waals surface area contributed by atoms with Crippen molar-refractivity contribution in [3.05, 3.63) is 23.8 Å². The van der Waals surface area contributed by atoms with Gasteiger partial charge in [-0.05, 0) is 43.9 Å². The molecule has 1 aromatic rings. The fourth-order valence-corrected chi connectivity index (χ4v) is 3.01. The van der Waals surface area contributed by atoms with Crippen molar-refractivity contribution in [2.24, 2.45) is 0 Å². The molecule has 0 spiro atoms. The lowest BCUT2D eigenvalue weighted by Gasteiger charge is -2.19. The second kappa shape index (κ2) is 10.2. The summed E-state index contributed by atoms with van der Waals surface area (Å²) in [6.07, 6.45) is 2.37. The van der Waals surface area contributed by atoms with Crippen LogP contribution in [0.15, 0.2) is 18.2 Å². The number of carboxylic acid groups (broad SMARTS) is 1. The van der Waals surface area contributed by atoms with Crippen LogP contribution in [0.2, 0.25) is 0 Å². The minimum absolute atomic E-state index is 0.270. The van der Waals surface area contributed by atoms with E-state index in [1.807, 2.05) is 25.1 Å². The van der Waals surface area contributed by atoms with E-state index in [9.17, 15) is 9.59 Å². The van der Waals surface area contributed by atoms with E-state index in [1.54, 1.807) is 7.11 Å². The Morgan fingerprint density at radius 1 is 1.26 bits per heavy atom. The zero-order valence-electron chi connectivity index (χ0n) is 16.2. The number of ether oxygens (including phenoxy) is 3. The van der Waals surface area contributed by atoms with Crippen LogP contribution < -0.4 is 14.8 Å². The highest BCUT2D eigenvalue weighted by Crippen LogP contribution is 2.31. The summed E-state index contributed by atoms with van der Waals surface area (Å²) in [5, 5.41) is 11.8. The second-order valence-corrected chi connectivity index (χ2v) is 6.73. The van der Waals surface area contributed by atoms with Gasteiger partial charge in [0.2, 0.25) is 5.91 Å². The second-order valence-electron chi connectivity index (χ2n) is 6.73. The number of carboxylic acids is 1. The summed E-state index contributed by atoms with van der Waals surface area (Å²) in [5.41, 5.74) is 0.869. The quantitative estimate of drug-likeness (QED) is 0.607. The number of benzene rings is 1. The third kappa shape index (κ3) is 5.85. The zero-order valence-corrected chi connectivity index (χ0v) is 16.2. The van der Waals surface area contributed by atoms with Crippen molar-refractivity contribution in [3.8, 4) is 11.5 Å². The highest BCUT2D eigenvalue weighted by molar-refractivity contribution is 5.83. The van der Waals surface area contributed by atoms with Gasteiger partial charge in [-0.2, -0.15) is 0 Å². The normalized spacial score (nSPS) is 20.1. The third-order valence-corrected chi connectivity index (χ3v) is 4.64. The lowest BCUT2D eigenvalue weighted by Crippen LogP contribution is -2.37. The number of carbonyl (C=O) groups is 2. The van der Waals surface area contributed by atoms with E-state index in [4.69, 9.17) is 19.3 Å². The van der Waals surface area contributed by atoms with Gasteiger partial charge >= 0.3 is 5.97 Å². The van der Waals surface area contributed by atoms with Crippen molar-refractivity contribution < 1.29 is 28.9 Å². The molecule has 1 amide bonds. The lowest BCUT2D eigenvalue weighted by molar-refractivity contribution is -0.151. The first kappa shape index (κ1) is 21.0. The molecule has 1 saturated heterocycles. The van der Waals surface area contributed by atoms with Crippen molar-refractivity contribution in [2.45, 2.75) is 64.2 Å². The maximum atomic E-state index is 12.3. The summed E-state index contributed by atoms with van der Waals surface area (Å²) in [7, 11) is 1.58. The first-order valence-electron chi connectivity index (χ1n) is 9.45. The summed E-state index contributed by atoms with van der Waals surface area (Å²) < 4.78 is 16.5. The van der Waals surface area contributed by atoms with E-state index >= 15 is 0 Å². The van der Waals surface area contributed by atoms with Crippen LogP contribution in [-0.4, -0.2) is 42.9 Å². The van der Waals surface area contributed by atoms with Crippen LogP contribution in [0, 0.1) is 0 Å². The van der Waals surface area contributed by atoms with Gasteiger partial charge in [0.25, 0.3) is 0 Å². The fraction of sp³-hybridized carbons (Fsp3) is 0.600. The van der Waals surface area contributed by atoms with E-state index in [2.05, 4.69) is 12.2 Å². The molecule has 1 aromatic carbocycles. The van der Waals surface area contributed by atoms with Gasteiger partial charge in [-0.25, -0.2) is 4.79 Å². The standard InChI is InChI=1S/C20H29NO6/c1-4-5-6-11-26-15-8-7-14(12-18(15)25-3)13(2)21-19(22)16-9-10-17(27-16)20(23)24/h7-8,12-13,16-17H,4-6,9-11H2,1-3H3,(H,21,22)(H,23,24)/t13?,16-,17+/m0/s1. The van der Waals surface area contributed by atoms with Crippen molar-refractivity contribution >= 4 is 11.9 Å². The van der Waals surface area contributed by atoms with Gasteiger partial charge in [-0.3, -0.25) is 4.79 Å². The topological polar surface area (TPSA) is 94.1 Å². The molecule has 1 aliphatic rings. The Morgan fingerprint density at radius 3 is 2.63 bits per heavy atom. The van der Waals surface area contributed by atoms with Gasteiger partial charge in [-0.15, -0.1) is 0 Å². The molecule has 0 bridgehead atoms. The van der Waals surface area contributed by atoms with E-state index in [1.165, 1.54) is 0 Å². The molecule has 27 heavy (non-hydrogen) atoms. The number of aliphatic carboxylic acids is 1. The maximum absolute atomic E-state index is 12.3. The molecule has 2 N–H and O–H groups in total. The minimum atomic E-state index is -1.03. The summed E-state index contributed by atoms with van der Waals surface area (Å²) in [5.74, 6) is -0.0322. The van der Waals surface area contributed by atoms with Crippen LogP contribution in [0.25, 0.3) is 0 Å². The van der Waals surface area contributed by atoms with Crippen molar-refractivity contribution in [3.63, 3.8) is 0 Å². The molecule has 0 aromatic heterocycles. The highest BCUT2D eigenvalue weighted by atomic mass is 16.5. The van der Waals surface area contributed by atoms with Crippen LogP contribution in [0.4, 0.5) is 0 Å². The molecule has 0 radical (unpaired) electrons. The Balaban J connectivity index is 1.94. The summed E-state index contributed by atoms with van der Waals surface area (Å²) >= 11 is 0. The Labute approximate surface area is 160 Å². The van der Waals surface area contributed by atoms with Gasteiger partial charge in [-0.1, -0.05) is 25.8 Å². The van der Waals surface area contributed by atoms with E-state index in [-0.39, 0.29) is 11.9 Å². The third-order valence-electron chi connectivity index (χ3n) is 4.64. The summed E-state index contributed by atoms with van der Waals surface area (Å²) in [6, 6.07) is 5.30. The van der Waals surface area contributed by atoms with Gasteiger partial charge in [0.15, 0.2) is 17.6 Å². The number of amides is 1. The largest absolute Gasteiger partial charge is 0.493 e. The highest BCUT2D eigenvalue weighted by Gasteiger charge is 2.35. The Bertz CT molecular complexity index is 647. The number of methoxy groups -OCH3 is 1. The van der Waals surface area contributed by atoms with Crippen molar-refractivity contribution in [2.75, 3.05) is 13.7 Å². The lowest BCUT2D eigenvalue weighted by atomic mass is 10.1. The molecule has 1 aliphatic heterocycles. The molecule has 1 heterocycles. The SMILES string of the molecule is CCCCCOc1ccc(C(C)NC(=O)[C@@H]2CC[C@H](C(=O)O)O2)cc1OC. The number of hydrogen-bond donors (Lipinski definition) is 2. The van der Waals surface area contributed by atoms with Crippen LogP contribution in [0.1, 0.15) is 57.6 Å². The Kier molecular flexibility index (Phi) is 7.91. The van der Waals surface area contributed by atoms with Crippen molar-refractivity contribution in [1.29, 1.82) is 0 Å². The van der Waals surface area contributed by atoms with Crippen LogP contribution in [-0.2, 0) is 14.3 Å². The first-order valence-corrected chi connectivity index (χ1v) is 9.45. The van der Waals surface area contributed by atoms with E-state index in [0.29, 0.717) is 30.9 Å². The molecule has 7 nitrogen and oxygen atoms in total. The number of carbonyl (C=O) groups excluding carboxylic acids is 1. The molecule has 7 heteroatoms. The average Bonchev–Trinajstić information content (AvgIpc) is 3.16. The smallest absolute Gasteiger partial charge is 0.332 e. The zero-order chi connectivity index (χ0) is 19.8. The molecule has 3 atom stereocenters. The maximum Gasteiger partial charge on any atom is 0.332 e. The molecule has 150 valence electrons. The predicted octanol–water partition coefficient (Wildman–Crippen LogP) is 3.07. The number of nitrogens with one attached hydrogen (secondary N) is 1. The summed E-state index contributed by atoms with van der Waals surface area (Å²) in [4.78, 5) is 23.3. The van der Waals surface area contributed by atoms with E-state index < -0.39 is 18.2 Å². The monoisotopic (exact) mass is 379 g/mol. The van der Waals surface area contributed by atoms with Crippen LogP contribution >= 0.6 is 0 Å². The number of rotatable bonds is 10. The van der Waals surface area contributed by atoms with Gasteiger partial charge < -0.3 is 24.6 Å². The molecular formula is C20H29NO6.